The third kappa shape index (κ3) is 8.42. The Balaban J connectivity index is 1.90. The third-order valence-electron chi connectivity index (χ3n) is 4.36. The molecule has 186 valence electrons. The summed E-state index contributed by atoms with van der Waals surface area (Å²) in [4.78, 5) is 24.6. The predicted molar refractivity (Wildman–Crippen MR) is 120 cm³/mol. The first-order chi connectivity index (χ1) is 16.4. The lowest BCUT2D eigenvalue weighted by Gasteiger charge is -2.16. The Morgan fingerprint density at radius 3 is 2.03 bits per heavy atom. The summed E-state index contributed by atoms with van der Waals surface area (Å²) in [5.74, 6) is -0.0478. The van der Waals surface area contributed by atoms with Crippen LogP contribution in [0.25, 0.3) is 0 Å². The molecule has 0 radical (unpaired) electrons. The first-order valence-corrected chi connectivity index (χ1v) is 10.9. The Morgan fingerprint density at radius 1 is 0.912 bits per heavy atom. The van der Waals surface area contributed by atoms with Crippen molar-refractivity contribution >= 4 is 11.9 Å². The van der Waals surface area contributed by atoms with Crippen molar-refractivity contribution in [3.8, 4) is 23.0 Å². The lowest BCUT2D eigenvalue weighted by atomic mass is 10.1. The second kappa shape index (κ2) is 13.9. The first-order valence-electron chi connectivity index (χ1n) is 10.9. The van der Waals surface area contributed by atoms with Crippen molar-refractivity contribution in [2.24, 2.45) is 0 Å². The number of rotatable bonds is 14. The van der Waals surface area contributed by atoms with Crippen molar-refractivity contribution in [1.82, 2.24) is 5.32 Å². The van der Waals surface area contributed by atoms with Crippen LogP contribution in [0.1, 0.15) is 36.7 Å². The first kappa shape index (κ1) is 26.7. The Morgan fingerprint density at radius 2 is 1.50 bits per heavy atom. The van der Waals surface area contributed by atoms with Gasteiger partial charge in [0.2, 0.25) is 5.75 Å². The number of hydrogen-bond acceptors (Lipinski definition) is 7. The largest absolute Gasteiger partial charge is 0.490 e. The molecule has 0 bridgehead atoms. The molecule has 0 saturated heterocycles. The van der Waals surface area contributed by atoms with Gasteiger partial charge in [-0.15, -0.1) is 0 Å². The van der Waals surface area contributed by atoms with Crippen LogP contribution < -0.4 is 24.3 Å². The number of ether oxygens (including phenoxy) is 5. The van der Waals surface area contributed by atoms with E-state index in [0.29, 0.717) is 43.5 Å². The van der Waals surface area contributed by atoms with Gasteiger partial charge in [0.25, 0.3) is 5.91 Å². The van der Waals surface area contributed by atoms with E-state index in [0.717, 1.165) is 5.56 Å². The van der Waals surface area contributed by atoms with Gasteiger partial charge < -0.3 is 29.0 Å². The van der Waals surface area contributed by atoms with E-state index in [1.54, 1.807) is 26.0 Å². The second-order valence-electron chi connectivity index (χ2n) is 6.80. The molecular formula is C24H29F2NO7. The van der Waals surface area contributed by atoms with Crippen molar-refractivity contribution in [2.75, 3.05) is 33.0 Å². The molecule has 0 aromatic heterocycles. The van der Waals surface area contributed by atoms with Crippen LogP contribution in [-0.4, -0.2) is 51.5 Å². The molecule has 8 nitrogen and oxygen atoms in total. The average Bonchev–Trinajstić information content (AvgIpc) is 2.80. The van der Waals surface area contributed by atoms with Gasteiger partial charge in [0.15, 0.2) is 18.1 Å². The topological polar surface area (TPSA) is 92.3 Å². The van der Waals surface area contributed by atoms with E-state index in [1.165, 1.54) is 24.3 Å². The lowest BCUT2D eigenvalue weighted by molar-refractivity contribution is -0.124. The van der Waals surface area contributed by atoms with E-state index in [1.807, 2.05) is 6.92 Å². The van der Waals surface area contributed by atoms with Crippen molar-refractivity contribution in [2.45, 2.75) is 33.8 Å². The minimum absolute atomic E-state index is 0.0592. The minimum Gasteiger partial charge on any atom is -0.490 e. The summed E-state index contributed by atoms with van der Waals surface area (Å²) < 4.78 is 50.5. The minimum atomic E-state index is -2.88. The molecule has 0 heterocycles. The third-order valence-corrected chi connectivity index (χ3v) is 4.36. The van der Waals surface area contributed by atoms with Crippen LogP contribution in [0.5, 0.6) is 23.0 Å². The number of amides is 1. The molecule has 0 unspecified atom stereocenters. The molecule has 0 fully saturated rings. The van der Waals surface area contributed by atoms with Crippen LogP contribution in [0, 0.1) is 0 Å². The van der Waals surface area contributed by atoms with Gasteiger partial charge in [-0.1, -0.05) is 12.1 Å². The SMILES string of the molecule is CCOc1cc(C(=O)OCC(=O)NCCc2ccc(OC(F)F)cc2)cc(OCC)c1OCC. The number of benzene rings is 2. The van der Waals surface area contributed by atoms with Crippen molar-refractivity contribution in [1.29, 1.82) is 0 Å². The number of halogens is 2. The quantitative estimate of drug-likeness (QED) is 0.408. The highest BCUT2D eigenvalue weighted by molar-refractivity contribution is 5.92. The molecule has 2 aromatic rings. The second-order valence-corrected chi connectivity index (χ2v) is 6.80. The fourth-order valence-corrected chi connectivity index (χ4v) is 2.96. The zero-order valence-corrected chi connectivity index (χ0v) is 19.4. The number of carbonyl (C=O) groups is 2. The zero-order chi connectivity index (χ0) is 24.9. The van der Waals surface area contributed by atoms with Crippen LogP contribution in [-0.2, 0) is 16.0 Å². The predicted octanol–water partition coefficient (Wildman–Crippen LogP) is 4.00. The number of carbonyl (C=O) groups excluding carboxylic acids is 2. The summed E-state index contributed by atoms with van der Waals surface area (Å²) in [5, 5.41) is 2.64. The summed E-state index contributed by atoms with van der Waals surface area (Å²) in [6.45, 7) is 3.45. The summed E-state index contributed by atoms with van der Waals surface area (Å²) >= 11 is 0. The van der Waals surface area contributed by atoms with Gasteiger partial charge in [0, 0.05) is 6.54 Å². The van der Waals surface area contributed by atoms with Crippen LogP contribution in [0.2, 0.25) is 0 Å². The van der Waals surface area contributed by atoms with Crippen LogP contribution >= 0.6 is 0 Å². The monoisotopic (exact) mass is 481 g/mol. The lowest BCUT2D eigenvalue weighted by Crippen LogP contribution is -2.30. The molecule has 2 aromatic carbocycles. The Bertz CT molecular complexity index is 908. The number of hydrogen-bond donors (Lipinski definition) is 1. The van der Waals surface area contributed by atoms with E-state index in [4.69, 9.17) is 18.9 Å². The molecule has 0 aliphatic rings. The maximum Gasteiger partial charge on any atom is 0.387 e. The fourth-order valence-electron chi connectivity index (χ4n) is 2.96. The number of nitrogens with one attached hydrogen (secondary N) is 1. The molecule has 0 atom stereocenters. The van der Waals surface area contributed by atoms with Gasteiger partial charge in [-0.05, 0) is 57.0 Å². The van der Waals surface area contributed by atoms with Crippen molar-refractivity contribution in [3.63, 3.8) is 0 Å². The van der Waals surface area contributed by atoms with E-state index in [9.17, 15) is 18.4 Å². The van der Waals surface area contributed by atoms with E-state index in [2.05, 4.69) is 10.1 Å². The fraction of sp³-hybridized carbons (Fsp3) is 0.417. The summed E-state index contributed by atoms with van der Waals surface area (Å²) in [7, 11) is 0. The van der Waals surface area contributed by atoms with Crippen molar-refractivity contribution in [3.05, 3.63) is 47.5 Å². The van der Waals surface area contributed by atoms with Gasteiger partial charge in [0.05, 0.1) is 25.4 Å². The average molecular weight is 481 g/mol. The molecular weight excluding hydrogens is 452 g/mol. The molecule has 0 saturated carbocycles. The molecule has 1 amide bonds. The van der Waals surface area contributed by atoms with Gasteiger partial charge in [-0.3, -0.25) is 4.79 Å². The maximum absolute atomic E-state index is 12.5. The Hall–Kier alpha value is -3.56. The van der Waals surface area contributed by atoms with Gasteiger partial charge in [-0.25, -0.2) is 4.79 Å². The van der Waals surface area contributed by atoms with E-state index < -0.39 is 25.1 Å². The molecule has 10 heteroatoms. The zero-order valence-electron chi connectivity index (χ0n) is 19.4. The smallest absolute Gasteiger partial charge is 0.387 e. The Labute approximate surface area is 197 Å². The molecule has 0 spiro atoms. The highest BCUT2D eigenvalue weighted by Crippen LogP contribution is 2.39. The van der Waals surface area contributed by atoms with Crippen LogP contribution in [0.4, 0.5) is 8.78 Å². The number of alkyl halides is 2. The summed E-state index contributed by atoms with van der Waals surface area (Å²) in [6, 6.07) is 9.07. The van der Waals surface area contributed by atoms with Crippen LogP contribution in [0.3, 0.4) is 0 Å². The molecule has 0 aliphatic heterocycles. The molecule has 1 N–H and O–H groups in total. The van der Waals surface area contributed by atoms with E-state index in [-0.39, 0.29) is 17.9 Å². The van der Waals surface area contributed by atoms with Gasteiger partial charge >= 0.3 is 12.6 Å². The normalized spacial score (nSPS) is 10.5. The summed E-state index contributed by atoms with van der Waals surface area (Å²) in [6.07, 6.45) is 0.461. The maximum atomic E-state index is 12.5. The number of esters is 1. The molecule has 0 aliphatic carbocycles. The highest BCUT2D eigenvalue weighted by atomic mass is 19.3. The van der Waals surface area contributed by atoms with Gasteiger partial charge in [0.1, 0.15) is 5.75 Å². The standard InChI is InChI=1S/C24H29F2NO7/c1-4-30-19-13-17(14-20(31-5-2)22(19)32-6-3)23(29)33-15-21(28)27-12-11-16-7-9-18(10-8-16)34-24(25)26/h7-10,13-14,24H,4-6,11-12,15H2,1-3H3,(H,27,28). The van der Waals surface area contributed by atoms with E-state index >= 15 is 0 Å². The van der Waals surface area contributed by atoms with Crippen molar-refractivity contribution < 1.29 is 42.1 Å². The molecule has 34 heavy (non-hydrogen) atoms. The molecule has 2 rings (SSSR count). The van der Waals surface area contributed by atoms with Crippen LogP contribution in [0.15, 0.2) is 36.4 Å². The van der Waals surface area contributed by atoms with Gasteiger partial charge in [-0.2, -0.15) is 8.78 Å². The highest BCUT2D eigenvalue weighted by Gasteiger charge is 2.19. The summed E-state index contributed by atoms with van der Waals surface area (Å²) in [5.41, 5.74) is 0.981. The Kier molecular flexibility index (Phi) is 10.9.